The fourth-order valence-corrected chi connectivity index (χ4v) is 3.45. The second-order valence-corrected chi connectivity index (χ2v) is 7.37. The van der Waals surface area contributed by atoms with E-state index in [0.29, 0.717) is 25.5 Å². The van der Waals surface area contributed by atoms with E-state index in [4.69, 9.17) is 0 Å². The summed E-state index contributed by atoms with van der Waals surface area (Å²) in [6, 6.07) is 6.18. The van der Waals surface area contributed by atoms with Gasteiger partial charge in [0, 0.05) is 51.1 Å². The van der Waals surface area contributed by atoms with Crippen LogP contribution in [0.15, 0.2) is 30.5 Å². The standard InChI is InChI=1S/C20H27F2N5O/c1-14(2)24-19-5-7-23-20(25-19)27-9-8-26(16(13-27)6-10-28)12-15-3-4-17(21)18(22)11-15/h3-5,7,11,14,16,28H,6,8-10,12-13H2,1-2H3,(H,23,24,25)/t16-/m1/s1. The van der Waals surface area contributed by atoms with Gasteiger partial charge in [-0.1, -0.05) is 6.07 Å². The minimum atomic E-state index is -0.840. The van der Waals surface area contributed by atoms with Crippen LogP contribution in [0.4, 0.5) is 20.5 Å². The van der Waals surface area contributed by atoms with Crippen molar-refractivity contribution < 1.29 is 13.9 Å². The largest absolute Gasteiger partial charge is 0.396 e. The Labute approximate surface area is 164 Å². The average molecular weight is 391 g/mol. The van der Waals surface area contributed by atoms with Gasteiger partial charge in [-0.15, -0.1) is 0 Å². The third-order valence-corrected chi connectivity index (χ3v) is 4.80. The zero-order chi connectivity index (χ0) is 20.1. The lowest BCUT2D eigenvalue weighted by molar-refractivity contribution is 0.134. The van der Waals surface area contributed by atoms with Crippen LogP contribution in [0.2, 0.25) is 0 Å². The molecular weight excluding hydrogens is 364 g/mol. The second kappa shape index (κ2) is 9.25. The van der Waals surface area contributed by atoms with E-state index in [0.717, 1.165) is 30.5 Å². The van der Waals surface area contributed by atoms with Gasteiger partial charge in [-0.25, -0.2) is 13.8 Å². The molecule has 0 unspecified atom stereocenters. The van der Waals surface area contributed by atoms with Crippen molar-refractivity contribution in [3.63, 3.8) is 0 Å². The molecule has 0 aliphatic carbocycles. The fourth-order valence-electron chi connectivity index (χ4n) is 3.45. The highest BCUT2D eigenvalue weighted by Crippen LogP contribution is 2.21. The summed E-state index contributed by atoms with van der Waals surface area (Å²) >= 11 is 0. The summed E-state index contributed by atoms with van der Waals surface area (Å²) in [5.41, 5.74) is 0.717. The molecule has 6 nitrogen and oxygen atoms in total. The molecule has 1 atom stereocenters. The minimum absolute atomic E-state index is 0.0581. The molecular formula is C20H27F2N5O. The molecule has 1 aromatic carbocycles. The zero-order valence-corrected chi connectivity index (χ0v) is 16.3. The SMILES string of the molecule is CC(C)Nc1ccnc(N2CCN(Cc3ccc(F)c(F)c3)[C@H](CCO)C2)n1. The third kappa shape index (κ3) is 5.14. The molecule has 2 aromatic rings. The van der Waals surface area contributed by atoms with Crippen LogP contribution in [0.25, 0.3) is 0 Å². The van der Waals surface area contributed by atoms with Crippen molar-refractivity contribution in [2.45, 2.75) is 38.9 Å². The van der Waals surface area contributed by atoms with Crippen LogP contribution in [0.5, 0.6) is 0 Å². The number of aliphatic hydroxyl groups is 1. The van der Waals surface area contributed by atoms with E-state index in [9.17, 15) is 13.9 Å². The molecule has 3 rings (SSSR count). The van der Waals surface area contributed by atoms with Gasteiger partial charge in [0.1, 0.15) is 5.82 Å². The average Bonchev–Trinajstić information content (AvgIpc) is 2.66. The van der Waals surface area contributed by atoms with Crippen LogP contribution in [0.3, 0.4) is 0 Å². The number of rotatable bonds is 7. The molecule has 1 fully saturated rings. The smallest absolute Gasteiger partial charge is 0.227 e. The molecule has 0 amide bonds. The number of nitrogens with zero attached hydrogens (tertiary/aromatic N) is 4. The maximum Gasteiger partial charge on any atom is 0.227 e. The van der Waals surface area contributed by atoms with Crippen molar-refractivity contribution in [3.05, 3.63) is 47.7 Å². The highest BCUT2D eigenvalue weighted by Gasteiger charge is 2.28. The predicted molar refractivity (Wildman–Crippen MR) is 105 cm³/mol. The van der Waals surface area contributed by atoms with Crippen LogP contribution in [0, 0.1) is 11.6 Å². The summed E-state index contributed by atoms with van der Waals surface area (Å²) in [5, 5.41) is 12.8. The van der Waals surface area contributed by atoms with Crippen LogP contribution >= 0.6 is 0 Å². The Morgan fingerprint density at radius 1 is 1.21 bits per heavy atom. The summed E-state index contributed by atoms with van der Waals surface area (Å²) in [6.07, 6.45) is 2.33. The van der Waals surface area contributed by atoms with Crippen LogP contribution in [-0.4, -0.2) is 58.3 Å². The minimum Gasteiger partial charge on any atom is -0.396 e. The maximum atomic E-state index is 13.5. The molecule has 2 heterocycles. The Bertz CT molecular complexity index is 789. The molecule has 152 valence electrons. The number of halogens is 2. The third-order valence-electron chi connectivity index (χ3n) is 4.80. The molecule has 1 aliphatic heterocycles. The molecule has 28 heavy (non-hydrogen) atoms. The normalized spacial score (nSPS) is 17.9. The first-order chi connectivity index (χ1) is 13.5. The van der Waals surface area contributed by atoms with Crippen molar-refractivity contribution in [1.29, 1.82) is 0 Å². The van der Waals surface area contributed by atoms with E-state index in [2.05, 4.69) is 38.9 Å². The van der Waals surface area contributed by atoms with Crippen LogP contribution < -0.4 is 10.2 Å². The lowest BCUT2D eigenvalue weighted by Gasteiger charge is -2.41. The number of aromatic nitrogens is 2. The van der Waals surface area contributed by atoms with E-state index >= 15 is 0 Å². The van der Waals surface area contributed by atoms with E-state index in [1.807, 2.05) is 6.07 Å². The molecule has 0 bridgehead atoms. The Morgan fingerprint density at radius 2 is 2.04 bits per heavy atom. The van der Waals surface area contributed by atoms with E-state index in [1.165, 1.54) is 6.07 Å². The van der Waals surface area contributed by atoms with Crippen molar-refractivity contribution in [3.8, 4) is 0 Å². The zero-order valence-electron chi connectivity index (χ0n) is 16.3. The van der Waals surface area contributed by atoms with Gasteiger partial charge >= 0.3 is 0 Å². The topological polar surface area (TPSA) is 64.5 Å². The summed E-state index contributed by atoms with van der Waals surface area (Å²) in [5.74, 6) is -0.241. The van der Waals surface area contributed by atoms with E-state index in [1.54, 1.807) is 12.3 Å². The summed E-state index contributed by atoms with van der Waals surface area (Å²) in [7, 11) is 0. The number of hydrogen-bond acceptors (Lipinski definition) is 6. The first kappa shape index (κ1) is 20.4. The number of anilines is 2. The lowest BCUT2D eigenvalue weighted by Crippen LogP contribution is -2.53. The van der Waals surface area contributed by atoms with Crippen molar-refractivity contribution in [2.75, 3.05) is 36.5 Å². The molecule has 0 radical (unpaired) electrons. The summed E-state index contributed by atoms with van der Waals surface area (Å²) < 4.78 is 26.7. The van der Waals surface area contributed by atoms with Gasteiger partial charge < -0.3 is 15.3 Å². The number of aliphatic hydroxyl groups excluding tert-OH is 1. The number of hydrogen-bond donors (Lipinski definition) is 2. The van der Waals surface area contributed by atoms with Crippen LogP contribution in [-0.2, 0) is 6.54 Å². The van der Waals surface area contributed by atoms with Gasteiger partial charge in [0.05, 0.1) is 0 Å². The Morgan fingerprint density at radius 3 is 2.75 bits per heavy atom. The van der Waals surface area contributed by atoms with Gasteiger partial charge in [0.2, 0.25) is 5.95 Å². The molecule has 8 heteroatoms. The molecule has 1 aromatic heterocycles. The lowest BCUT2D eigenvalue weighted by atomic mass is 10.1. The van der Waals surface area contributed by atoms with Gasteiger partial charge in [0.25, 0.3) is 0 Å². The molecule has 0 spiro atoms. The Hall–Kier alpha value is -2.32. The fraction of sp³-hybridized carbons (Fsp3) is 0.500. The Balaban J connectivity index is 1.70. The summed E-state index contributed by atoms with van der Waals surface area (Å²) in [6.45, 7) is 6.77. The quantitative estimate of drug-likeness (QED) is 0.757. The van der Waals surface area contributed by atoms with Crippen LogP contribution in [0.1, 0.15) is 25.8 Å². The first-order valence-electron chi connectivity index (χ1n) is 9.59. The number of nitrogens with one attached hydrogen (secondary N) is 1. The number of benzene rings is 1. The Kier molecular flexibility index (Phi) is 6.74. The molecule has 1 saturated heterocycles. The second-order valence-electron chi connectivity index (χ2n) is 7.37. The van der Waals surface area contributed by atoms with Gasteiger partial charge in [-0.2, -0.15) is 4.98 Å². The molecule has 2 N–H and O–H groups in total. The van der Waals surface area contributed by atoms with Crippen molar-refractivity contribution in [2.24, 2.45) is 0 Å². The van der Waals surface area contributed by atoms with Crippen molar-refractivity contribution in [1.82, 2.24) is 14.9 Å². The van der Waals surface area contributed by atoms with Gasteiger partial charge in [-0.05, 0) is 44.0 Å². The first-order valence-corrected chi connectivity index (χ1v) is 9.59. The highest BCUT2D eigenvalue weighted by molar-refractivity contribution is 5.42. The van der Waals surface area contributed by atoms with E-state index < -0.39 is 11.6 Å². The predicted octanol–water partition coefficient (Wildman–Crippen LogP) is 2.65. The molecule has 1 aliphatic rings. The maximum absolute atomic E-state index is 13.5. The van der Waals surface area contributed by atoms with Gasteiger partial charge in [0.15, 0.2) is 11.6 Å². The molecule has 0 saturated carbocycles. The highest BCUT2D eigenvalue weighted by atomic mass is 19.2. The van der Waals surface area contributed by atoms with Crippen molar-refractivity contribution >= 4 is 11.8 Å². The van der Waals surface area contributed by atoms with E-state index in [-0.39, 0.29) is 18.7 Å². The monoisotopic (exact) mass is 391 g/mol. The number of piperazine rings is 1. The summed E-state index contributed by atoms with van der Waals surface area (Å²) in [4.78, 5) is 13.3. The van der Waals surface area contributed by atoms with Gasteiger partial charge in [-0.3, -0.25) is 4.90 Å².